The molecule has 0 aromatic carbocycles. The van der Waals surface area contributed by atoms with Crippen LogP contribution in [0.4, 0.5) is 13.2 Å². The predicted molar refractivity (Wildman–Crippen MR) is 67.0 cm³/mol. The fraction of sp³-hybridized carbons (Fsp3) is 1.00. The number of aliphatic hydroxyl groups is 1. The van der Waals surface area contributed by atoms with E-state index in [1.807, 2.05) is 6.92 Å². The summed E-state index contributed by atoms with van der Waals surface area (Å²) in [5, 5.41) is 12.8. The van der Waals surface area contributed by atoms with Crippen LogP contribution in [0.3, 0.4) is 0 Å². The molecule has 3 nitrogen and oxygen atoms in total. The van der Waals surface area contributed by atoms with Crippen molar-refractivity contribution in [3.05, 3.63) is 0 Å². The first-order valence-corrected chi connectivity index (χ1v) is 6.88. The van der Waals surface area contributed by atoms with Crippen LogP contribution in [0.5, 0.6) is 0 Å². The molecule has 114 valence electrons. The molecule has 1 fully saturated rings. The van der Waals surface area contributed by atoms with E-state index in [9.17, 15) is 18.3 Å². The quantitative estimate of drug-likeness (QED) is 0.606. The second-order valence-electron chi connectivity index (χ2n) is 5.57. The van der Waals surface area contributed by atoms with Crippen LogP contribution < -0.4 is 5.32 Å². The largest absolute Gasteiger partial charge is 0.394 e. The minimum absolute atomic E-state index is 0.0818. The fourth-order valence-corrected chi connectivity index (χ4v) is 1.93. The summed E-state index contributed by atoms with van der Waals surface area (Å²) in [5.41, 5.74) is -0.271. The van der Waals surface area contributed by atoms with Gasteiger partial charge in [0.25, 0.3) is 0 Å². The zero-order chi connectivity index (χ0) is 14.4. The summed E-state index contributed by atoms with van der Waals surface area (Å²) in [4.78, 5) is 0. The maximum atomic E-state index is 11.8. The van der Waals surface area contributed by atoms with Crippen molar-refractivity contribution in [1.29, 1.82) is 0 Å². The molecule has 1 aliphatic carbocycles. The second-order valence-corrected chi connectivity index (χ2v) is 5.57. The number of nitrogens with one attached hydrogen (secondary N) is 1. The molecule has 0 aliphatic heterocycles. The normalized spacial score (nSPS) is 19.4. The molecule has 0 bridgehead atoms. The molecule has 1 aliphatic rings. The molecular weight excluding hydrogens is 259 g/mol. The van der Waals surface area contributed by atoms with Gasteiger partial charge in [-0.3, -0.25) is 0 Å². The Hall–Kier alpha value is -0.330. The van der Waals surface area contributed by atoms with E-state index in [1.54, 1.807) is 0 Å². The van der Waals surface area contributed by atoms with E-state index in [0.717, 1.165) is 32.1 Å². The van der Waals surface area contributed by atoms with Crippen molar-refractivity contribution in [3.63, 3.8) is 0 Å². The number of rotatable bonds is 10. The van der Waals surface area contributed by atoms with Crippen LogP contribution in [-0.2, 0) is 4.74 Å². The number of alkyl halides is 3. The Morgan fingerprint density at radius 1 is 1.16 bits per heavy atom. The molecule has 1 saturated carbocycles. The highest BCUT2D eigenvalue weighted by atomic mass is 19.4. The molecule has 6 heteroatoms. The van der Waals surface area contributed by atoms with Gasteiger partial charge in [0, 0.05) is 18.2 Å². The molecule has 0 spiro atoms. The van der Waals surface area contributed by atoms with Gasteiger partial charge in [0.1, 0.15) is 0 Å². The number of unbranched alkanes of at least 4 members (excludes halogenated alkanes) is 1. The first-order chi connectivity index (χ1) is 8.85. The Labute approximate surface area is 112 Å². The molecule has 1 atom stereocenters. The minimum atomic E-state index is -4.14. The van der Waals surface area contributed by atoms with Crippen molar-refractivity contribution in [1.82, 2.24) is 5.32 Å². The number of ether oxygens (including phenoxy) is 1. The van der Waals surface area contributed by atoms with Gasteiger partial charge in [-0.25, -0.2) is 0 Å². The lowest BCUT2D eigenvalue weighted by atomic mass is 9.95. The molecule has 0 radical (unpaired) electrons. The standard InChI is InChI=1S/C13H24F3NO2/c1-12(10-18,17-11-4-5-11)6-2-3-8-19-9-7-13(14,15)16/h11,17-18H,2-10H2,1H3. The number of aliphatic hydroxyl groups excluding tert-OH is 1. The lowest BCUT2D eigenvalue weighted by molar-refractivity contribution is -0.145. The summed E-state index contributed by atoms with van der Waals surface area (Å²) in [6.45, 7) is 2.15. The lowest BCUT2D eigenvalue weighted by Crippen LogP contribution is -2.46. The summed E-state index contributed by atoms with van der Waals surface area (Å²) in [6, 6.07) is 0.528. The predicted octanol–water partition coefficient (Wildman–Crippen LogP) is 2.63. The van der Waals surface area contributed by atoms with Crippen molar-refractivity contribution in [2.24, 2.45) is 0 Å². The number of hydrogen-bond donors (Lipinski definition) is 2. The third-order valence-electron chi connectivity index (χ3n) is 3.28. The Balaban J connectivity index is 1.99. The molecule has 1 rings (SSSR count). The van der Waals surface area contributed by atoms with E-state index in [0.29, 0.717) is 12.6 Å². The Morgan fingerprint density at radius 3 is 2.37 bits per heavy atom. The Bertz CT molecular complexity index is 257. The van der Waals surface area contributed by atoms with Gasteiger partial charge in [0.15, 0.2) is 0 Å². The van der Waals surface area contributed by atoms with Gasteiger partial charge in [-0.05, 0) is 39.0 Å². The highest BCUT2D eigenvalue weighted by molar-refractivity contribution is 4.92. The van der Waals surface area contributed by atoms with E-state index in [-0.39, 0.29) is 18.8 Å². The van der Waals surface area contributed by atoms with Gasteiger partial charge in [0.05, 0.1) is 19.6 Å². The van der Waals surface area contributed by atoms with Crippen molar-refractivity contribution < 1.29 is 23.0 Å². The number of hydrogen-bond acceptors (Lipinski definition) is 3. The third-order valence-corrected chi connectivity index (χ3v) is 3.28. The van der Waals surface area contributed by atoms with Crippen molar-refractivity contribution in [3.8, 4) is 0 Å². The molecule has 0 amide bonds. The molecule has 1 unspecified atom stereocenters. The fourth-order valence-electron chi connectivity index (χ4n) is 1.93. The van der Waals surface area contributed by atoms with Crippen LogP contribution in [0, 0.1) is 0 Å². The van der Waals surface area contributed by atoms with Crippen LogP contribution in [0.1, 0.15) is 45.4 Å². The summed E-state index contributed by atoms with van der Waals surface area (Å²) in [7, 11) is 0. The summed E-state index contributed by atoms with van der Waals surface area (Å²) in [6.07, 6.45) is -0.328. The molecule has 2 N–H and O–H groups in total. The topological polar surface area (TPSA) is 41.5 Å². The van der Waals surface area contributed by atoms with Crippen LogP contribution in [-0.4, -0.2) is 42.7 Å². The molecular formula is C13H24F3NO2. The molecule has 0 aromatic rings. The van der Waals surface area contributed by atoms with Crippen LogP contribution >= 0.6 is 0 Å². The van der Waals surface area contributed by atoms with Gasteiger partial charge in [-0.1, -0.05) is 0 Å². The van der Waals surface area contributed by atoms with Crippen LogP contribution in [0.2, 0.25) is 0 Å². The van der Waals surface area contributed by atoms with Crippen molar-refractivity contribution in [2.75, 3.05) is 19.8 Å². The SMILES string of the molecule is CC(CO)(CCCCOCCC(F)(F)F)NC1CC1. The minimum Gasteiger partial charge on any atom is -0.394 e. The average molecular weight is 283 g/mol. The smallest absolute Gasteiger partial charge is 0.391 e. The highest BCUT2D eigenvalue weighted by Gasteiger charge is 2.31. The maximum Gasteiger partial charge on any atom is 0.391 e. The first-order valence-electron chi connectivity index (χ1n) is 6.88. The van der Waals surface area contributed by atoms with Gasteiger partial charge in [0.2, 0.25) is 0 Å². The molecule has 0 aromatic heterocycles. The third kappa shape index (κ3) is 8.44. The van der Waals surface area contributed by atoms with Gasteiger partial charge in [-0.15, -0.1) is 0 Å². The second kappa shape index (κ2) is 7.45. The first kappa shape index (κ1) is 16.7. The number of halogens is 3. The van der Waals surface area contributed by atoms with E-state index in [2.05, 4.69) is 5.32 Å². The van der Waals surface area contributed by atoms with E-state index < -0.39 is 12.6 Å². The lowest BCUT2D eigenvalue weighted by Gasteiger charge is -2.29. The average Bonchev–Trinajstić information content (AvgIpc) is 3.10. The van der Waals surface area contributed by atoms with E-state index in [4.69, 9.17) is 4.74 Å². The summed E-state index contributed by atoms with van der Waals surface area (Å²) < 4.78 is 40.5. The van der Waals surface area contributed by atoms with Gasteiger partial charge >= 0.3 is 6.18 Å². The monoisotopic (exact) mass is 283 g/mol. The zero-order valence-corrected chi connectivity index (χ0v) is 11.4. The van der Waals surface area contributed by atoms with Gasteiger partial charge in [-0.2, -0.15) is 13.2 Å². The highest BCUT2D eigenvalue weighted by Crippen LogP contribution is 2.25. The van der Waals surface area contributed by atoms with Gasteiger partial charge < -0.3 is 15.2 Å². The summed E-state index contributed by atoms with van der Waals surface area (Å²) in [5.74, 6) is 0. The van der Waals surface area contributed by atoms with Crippen molar-refractivity contribution >= 4 is 0 Å². The summed E-state index contributed by atoms with van der Waals surface area (Å²) >= 11 is 0. The molecule has 0 heterocycles. The van der Waals surface area contributed by atoms with Crippen LogP contribution in [0.15, 0.2) is 0 Å². The van der Waals surface area contributed by atoms with E-state index in [1.165, 1.54) is 0 Å². The molecule has 0 saturated heterocycles. The van der Waals surface area contributed by atoms with Crippen molar-refractivity contribution in [2.45, 2.75) is 63.2 Å². The zero-order valence-electron chi connectivity index (χ0n) is 11.4. The Morgan fingerprint density at radius 2 is 1.84 bits per heavy atom. The van der Waals surface area contributed by atoms with E-state index >= 15 is 0 Å². The molecule has 19 heavy (non-hydrogen) atoms. The maximum absolute atomic E-state index is 11.8. The van der Waals surface area contributed by atoms with Crippen LogP contribution in [0.25, 0.3) is 0 Å². The Kier molecular flexibility index (Phi) is 6.56.